The second-order valence-electron chi connectivity index (χ2n) is 7.42. The molecule has 0 unspecified atom stereocenters. The van der Waals surface area contributed by atoms with E-state index in [1.165, 1.54) is 27.8 Å². The Hall–Kier alpha value is -2.68. The molecule has 3 amide bonds. The van der Waals surface area contributed by atoms with Gasteiger partial charge < -0.3 is 19.5 Å². The van der Waals surface area contributed by atoms with Gasteiger partial charge in [0.2, 0.25) is 11.7 Å². The quantitative estimate of drug-likeness (QED) is 0.609. The first-order chi connectivity index (χ1) is 15.0. The normalized spacial score (nSPS) is 18.4. The van der Waals surface area contributed by atoms with Crippen molar-refractivity contribution < 1.29 is 28.6 Å². The van der Waals surface area contributed by atoms with E-state index in [0.717, 1.165) is 42.3 Å². The summed E-state index contributed by atoms with van der Waals surface area (Å²) < 4.78 is 16.0. The van der Waals surface area contributed by atoms with Crippen molar-refractivity contribution in [2.45, 2.75) is 32.1 Å². The lowest BCUT2D eigenvalue weighted by Crippen LogP contribution is -2.39. The van der Waals surface area contributed by atoms with Gasteiger partial charge >= 0.3 is 0 Å². The van der Waals surface area contributed by atoms with Crippen molar-refractivity contribution in [3.05, 3.63) is 22.6 Å². The Morgan fingerprint density at radius 3 is 2.32 bits per heavy atom. The van der Waals surface area contributed by atoms with Crippen LogP contribution >= 0.6 is 11.8 Å². The first-order valence-corrected chi connectivity index (χ1v) is 11.1. The summed E-state index contributed by atoms with van der Waals surface area (Å²) in [6, 6.07) is 3.42. The molecule has 1 aliphatic carbocycles. The number of benzene rings is 1. The minimum absolute atomic E-state index is 0.0136. The highest BCUT2D eigenvalue weighted by Gasteiger charge is 2.35. The molecule has 1 heterocycles. The molecule has 1 saturated carbocycles. The summed E-state index contributed by atoms with van der Waals surface area (Å²) in [4.78, 5) is 38.8. The number of thioether (sulfide) groups is 1. The molecule has 9 heteroatoms. The SMILES string of the molecule is COc1cc(/C=C2\SC(=O)N(CCNC(=O)C3CCCCC3)C2=O)cc(OC)c1OC. The van der Waals surface area contributed by atoms with E-state index in [1.807, 2.05) is 0 Å². The number of imide groups is 1. The fourth-order valence-corrected chi connectivity index (χ4v) is 4.69. The van der Waals surface area contributed by atoms with E-state index in [0.29, 0.717) is 27.7 Å². The van der Waals surface area contributed by atoms with Crippen LogP contribution in [0.2, 0.25) is 0 Å². The molecule has 1 aromatic rings. The first-order valence-electron chi connectivity index (χ1n) is 10.3. The third-order valence-corrected chi connectivity index (χ3v) is 6.38. The fraction of sp³-hybridized carbons (Fsp3) is 0.500. The van der Waals surface area contributed by atoms with Gasteiger partial charge in [0, 0.05) is 19.0 Å². The molecule has 1 aromatic carbocycles. The molecular formula is C22H28N2O6S. The van der Waals surface area contributed by atoms with Gasteiger partial charge in [-0.3, -0.25) is 19.3 Å². The maximum Gasteiger partial charge on any atom is 0.293 e. The molecule has 31 heavy (non-hydrogen) atoms. The van der Waals surface area contributed by atoms with Gasteiger partial charge in [-0.05, 0) is 48.4 Å². The maximum absolute atomic E-state index is 12.7. The van der Waals surface area contributed by atoms with Crippen molar-refractivity contribution in [1.29, 1.82) is 0 Å². The Morgan fingerprint density at radius 2 is 1.74 bits per heavy atom. The molecule has 1 N–H and O–H groups in total. The molecular weight excluding hydrogens is 420 g/mol. The van der Waals surface area contributed by atoms with Crippen LogP contribution < -0.4 is 19.5 Å². The Morgan fingerprint density at radius 1 is 1.10 bits per heavy atom. The lowest BCUT2D eigenvalue weighted by atomic mass is 9.89. The number of carbonyl (C=O) groups excluding carboxylic acids is 3. The van der Waals surface area contributed by atoms with Crippen LogP contribution in [0.25, 0.3) is 6.08 Å². The first kappa shape index (κ1) is 23.0. The molecule has 3 rings (SSSR count). The number of methoxy groups -OCH3 is 3. The Labute approximate surface area is 186 Å². The van der Waals surface area contributed by atoms with E-state index in [1.54, 1.807) is 18.2 Å². The number of amides is 3. The zero-order valence-corrected chi connectivity index (χ0v) is 18.9. The summed E-state index contributed by atoms with van der Waals surface area (Å²) in [5, 5.41) is 2.52. The second-order valence-corrected chi connectivity index (χ2v) is 8.41. The van der Waals surface area contributed by atoms with E-state index in [9.17, 15) is 14.4 Å². The number of hydrogen-bond donors (Lipinski definition) is 1. The summed E-state index contributed by atoms with van der Waals surface area (Å²) in [6.07, 6.45) is 6.77. The second kappa shape index (κ2) is 10.6. The molecule has 0 radical (unpaired) electrons. The van der Waals surface area contributed by atoms with E-state index >= 15 is 0 Å². The predicted molar refractivity (Wildman–Crippen MR) is 118 cm³/mol. The van der Waals surface area contributed by atoms with Crippen LogP contribution in [-0.2, 0) is 9.59 Å². The number of carbonyl (C=O) groups is 3. The molecule has 2 fully saturated rings. The van der Waals surface area contributed by atoms with Crippen LogP contribution in [0.15, 0.2) is 17.0 Å². The summed E-state index contributed by atoms with van der Waals surface area (Å²) >= 11 is 0.873. The maximum atomic E-state index is 12.7. The van der Waals surface area contributed by atoms with Gasteiger partial charge in [-0.15, -0.1) is 0 Å². The molecule has 1 saturated heterocycles. The molecule has 168 valence electrons. The van der Waals surface area contributed by atoms with E-state index in [-0.39, 0.29) is 36.1 Å². The van der Waals surface area contributed by atoms with Crippen molar-refractivity contribution >= 4 is 34.9 Å². The average molecular weight is 449 g/mol. The molecule has 0 bridgehead atoms. The van der Waals surface area contributed by atoms with Crippen molar-refractivity contribution in [3.8, 4) is 17.2 Å². The van der Waals surface area contributed by atoms with E-state index in [2.05, 4.69) is 5.32 Å². The number of nitrogens with one attached hydrogen (secondary N) is 1. The largest absolute Gasteiger partial charge is 0.493 e. The van der Waals surface area contributed by atoms with Crippen molar-refractivity contribution in [2.75, 3.05) is 34.4 Å². The monoisotopic (exact) mass is 448 g/mol. The summed E-state index contributed by atoms with van der Waals surface area (Å²) in [5.41, 5.74) is 0.644. The van der Waals surface area contributed by atoms with Gasteiger partial charge in [-0.1, -0.05) is 19.3 Å². The highest BCUT2D eigenvalue weighted by atomic mass is 32.2. The van der Waals surface area contributed by atoms with Crippen LogP contribution in [0.5, 0.6) is 17.2 Å². The molecule has 8 nitrogen and oxygen atoms in total. The van der Waals surface area contributed by atoms with Gasteiger partial charge in [0.1, 0.15) is 0 Å². The third kappa shape index (κ3) is 5.33. The average Bonchev–Trinajstić information content (AvgIpc) is 3.06. The molecule has 2 aliphatic rings. The molecule has 1 aliphatic heterocycles. The summed E-state index contributed by atoms with van der Waals surface area (Å²) in [5.74, 6) is 1.04. The smallest absolute Gasteiger partial charge is 0.293 e. The minimum atomic E-state index is -0.379. The summed E-state index contributed by atoms with van der Waals surface area (Å²) in [7, 11) is 4.53. The molecule has 0 atom stereocenters. The van der Waals surface area contributed by atoms with Crippen molar-refractivity contribution in [2.24, 2.45) is 5.92 Å². The molecule has 0 aromatic heterocycles. The summed E-state index contributed by atoms with van der Waals surface area (Å²) in [6.45, 7) is 0.403. The lowest BCUT2D eigenvalue weighted by Gasteiger charge is -2.21. The van der Waals surface area contributed by atoms with Crippen LogP contribution in [0.3, 0.4) is 0 Å². The topological polar surface area (TPSA) is 94.2 Å². The van der Waals surface area contributed by atoms with Crippen LogP contribution in [0.4, 0.5) is 4.79 Å². The Kier molecular flexibility index (Phi) is 7.84. The van der Waals surface area contributed by atoms with Gasteiger partial charge in [0.05, 0.1) is 26.2 Å². The zero-order valence-electron chi connectivity index (χ0n) is 18.1. The third-order valence-electron chi connectivity index (χ3n) is 5.47. The Bertz CT molecular complexity index is 854. The van der Waals surface area contributed by atoms with Gasteiger partial charge in [0.15, 0.2) is 11.5 Å². The number of rotatable bonds is 8. The van der Waals surface area contributed by atoms with E-state index < -0.39 is 0 Å². The number of ether oxygens (including phenoxy) is 3. The number of hydrogen-bond acceptors (Lipinski definition) is 7. The minimum Gasteiger partial charge on any atom is -0.493 e. The highest BCUT2D eigenvalue weighted by Crippen LogP contribution is 2.40. The fourth-order valence-electron chi connectivity index (χ4n) is 3.83. The number of nitrogens with zero attached hydrogens (tertiary/aromatic N) is 1. The molecule has 0 spiro atoms. The van der Waals surface area contributed by atoms with Gasteiger partial charge in [-0.2, -0.15) is 0 Å². The zero-order chi connectivity index (χ0) is 22.4. The van der Waals surface area contributed by atoms with Gasteiger partial charge in [-0.25, -0.2) is 0 Å². The Balaban J connectivity index is 1.65. The van der Waals surface area contributed by atoms with E-state index in [4.69, 9.17) is 14.2 Å². The predicted octanol–water partition coefficient (Wildman–Crippen LogP) is 3.45. The standard InChI is InChI=1S/C22H28N2O6S/c1-28-16-11-14(12-17(29-2)19(16)30-3)13-18-21(26)24(22(27)31-18)10-9-23-20(25)15-7-5-4-6-8-15/h11-13,15H,4-10H2,1-3H3,(H,23,25)/b18-13-. The lowest BCUT2D eigenvalue weighted by molar-refractivity contribution is -0.127. The van der Waals surface area contributed by atoms with Crippen molar-refractivity contribution in [1.82, 2.24) is 10.2 Å². The van der Waals surface area contributed by atoms with Gasteiger partial charge in [0.25, 0.3) is 11.1 Å². The van der Waals surface area contributed by atoms with Crippen LogP contribution in [0, 0.1) is 5.92 Å². The van der Waals surface area contributed by atoms with Crippen LogP contribution in [0.1, 0.15) is 37.7 Å². The van der Waals surface area contributed by atoms with Crippen LogP contribution in [-0.4, -0.2) is 56.4 Å². The highest BCUT2D eigenvalue weighted by molar-refractivity contribution is 8.18. The van der Waals surface area contributed by atoms with Crippen molar-refractivity contribution in [3.63, 3.8) is 0 Å².